The molecule has 1 rings (SSSR count). The van der Waals surface area contributed by atoms with Gasteiger partial charge in [-0.15, -0.1) is 11.6 Å². The van der Waals surface area contributed by atoms with Gasteiger partial charge in [-0.05, 0) is 24.6 Å². The Morgan fingerprint density at radius 1 is 1.29 bits per heavy atom. The van der Waals surface area contributed by atoms with Crippen molar-refractivity contribution in [2.24, 2.45) is 0 Å². The third kappa shape index (κ3) is 3.89. The molecule has 0 atom stereocenters. The zero-order valence-corrected chi connectivity index (χ0v) is 10.2. The first-order valence-corrected chi connectivity index (χ1v) is 5.73. The Bertz CT molecular complexity index is 416. The second-order valence-corrected chi connectivity index (χ2v) is 4.19. The third-order valence-corrected chi connectivity index (χ3v) is 2.73. The van der Waals surface area contributed by atoms with E-state index < -0.39 is 16.8 Å². The molecule has 1 nitrogen and oxygen atoms in total. The molecule has 6 heteroatoms. The molecule has 0 radical (unpaired) electrons. The van der Waals surface area contributed by atoms with Crippen LogP contribution in [0.4, 0.5) is 13.2 Å². The molecule has 0 amide bonds. The van der Waals surface area contributed by atoms with Crippen molar-refractivity contribution in [1.29, 1.82) is 0 Å². The molecule has 0 aliphatic heterocycles. The molecule has 1 aromatic rings. The lowest BCUT2D eigenvalue weighted by molar-refractivity contribution is -0.137. The number of rotatable bonds is 4. The van der Waals surface area contributed by atoms with Crippen LogP contribution in [0.1, 0.15) is 28.8 Å². The second kappa shape index (κ2) is 5.74. The van der Waals surface area contributed by atoms with Crippen LogP contribution in [-0.4, -0.2) is 11.7 Å². The van der Waals surface area contributed by atoms with Crippen molar-refractivity contribution < 1.29 is 18.0 Å². The summed E-state index contributed by atoms with van der Waals surface area (Å²) in [5.74, 6) is -0.0707. The molecule has 0 fully saturated rings. The highest BCUT2D eigenvalue weighted by Crippen LogP contribution is 2.35. The van der Waals surface area contributed by atoms with Crippen molar-refractivity contribution in [3.05, 3.63) is 34.3 Å². The van der Waals surface area contributed by atoms with E-state index in [0.717, 1.165) is 12.1 Å². The fraction of sp³-hybridized carbons (Fsp3) is 0.364. The molecule has 1 aromatic carbocycles. The van der Waals surface area contributed by atoms with Crippen LogP contribution in [-0.2, 0) is 6.18 Å². The maximum absolute atomic E-state index is 12.5. The lowest BCUT2D eigenvalue weighted by atomic mass is 10.0. The Morgan fingerprint density at radius 3 is 2.47 bits per heavy atom. The molecular weight excluding hydrogens is 276 g/mol. The Labute approximate surface area is 107 Å². The highest BCUT2D eigenvalue weighted by atomic mass is 35.5. The summed E-state index contributed by atoms with van der Waals surface area (Å²) in [6.07, 6.45) is -3.99. The van der Waals surface area contributed by atoms with Gasteiger partial charge in [0.1, 0.15) is 0 Å². The van der Waals surface area contributed by atoms with E-state index >= 15 is 0 Å². The van der Waals surface area contributed by atoms with Gasteiger partial charge in [-0.3, -0.25) is 4.79 Å². The fourth-order valence-corrected chi connectivity index (χ4v) is 1.65. The molecule has 0 aromatic heterocycles. The topological polar surface area (TPSA) is 17.1 Å². The Hall–Kier alpha value is -0.740. The van der Waals surface area contributed by atoms with Gasteiger partial charge in [0.15, 0.2) is 5.78 Å². The summed E-state index contributed by atoms with van der Waals surface area (Å²) >= 11 is 10.8. The summed E-state index contributed by atoms with van der Waals surface area (Å²) < 4.78 is 37.6. The predicted molar refractivity (Wildman–Crippen MR) is 60.7 cm³/mol. The smallest absolute Gasteiger partial charge is 0.294 e. The Balaban J connectivity index is 3.00. The van der Waals surface area contributed by atoms with E-state index in [1.807, 2.05) is 0 Å². The van der Waals surface area contributed by atoms with E-state index in [2.05, 4.69) is 0 Å². The number of hydrogen-bond donors (Lipinski definition) is 0. The van der Waals surface area contributed by atoms with Crippen LogP contribution in [0.2, 0.25) is 5.02 Å². The summed E-state index contributed by atoms with van der Waals surface area (Å²) in [6, 6.07) is 3.14. The molecule has 17 heavy (non-hydrogen) atoms. The number of alkyl halides is 4. The van der Waals surface area contributed by atoms with Crippen LogP contribution in [0.15, 0.2) is 18.2 Å². The molecular formula is C11H9Cl2F3O. The number of Topliss-reactive ketones (excluding diaryl/α,β-unsaturated/α-hetero) is 1. The molecule has 0 aliphatic carbocycles. The van der Waals surface area contributed by atoms with Gasteiger partial charge in [0.2, 0.25) is 0 Å². The standard InChI is InChI=1S/C11H9Cl2F3O/c12-5-1-2-10(17)7-3-4-9(13)8(6-7)11(14,15)16/h3-4,6H,1-2,5H2. The Kier molecular flexibility index (Phi) is 4.83. The van der Waals surface area contributed by atoms with Crippen LogP contribution in [0.25, 0.3) is 0 Å². The van der Waals surface area contributed by atoms with Crippen LogP contribution in [0, 0.1) is 0 Å². The first kappa shape index (κ1) is 14.3. The van der Waals surface area contributed by atoms with E-state index in [1.54, 1.807) is 0 Å². The minimum Gasteiger partial charge on any atom is -0.294 e. The number of hydrogen-bond acceptors (Lipinski definition) is 1. The van der Waals surface area contributed by atoms with Gasteiger partial charge in [-0.2, -0.15) is 13.2 Å². The first-order chi connectivity index (χ1) is 7.86. The normalized spacial score (nSPS) is 11.6. The van der Waals surface area contributed by atoms with Crippen molar-refractivity contribution in [3.63, 3.8) is 0 Å². The number of ketones is 1. The van der Waals surface area contributed by atoms with Crippen molar-refractivity contribution >= 4 is 29.0 Å². The molecule has 94 valence electrons. The van der Waals surface area contributed by atoms with E-state index in [-0.39, 0.29) is 17.8 Å². The van der Waals surface area contributed by atoms with Crippen molar-refractivity contribution in [1.82, 2.24) is 0 Å². The maximum Gasteiger partial charge on any atom is 0.417 e. The largest absolute Gasteiger partial charge is 0.417 e. The maximum atomic E-state index is 12.5. The van der Waals surface area contributed by atoms with Gasteiger partial charge in [0.25, 0.3) is 0 Å². The van der Waals surface area contributed by atoms with E-state index in [9.17, 15) is 18.0 Å². The molecule has 0 bridgehead atoms. The van der Waals surface area contributed by atoms with Crippen molar-refractivity contribution in [2.45, 2.75) is 19.0 Å². The molecule has 0 N–H and O–H groups in total. The monoisotopic (exact) mass is 284 g/mol. The SMILES string of the molecule is O=C(CCCCl)c1ccc(Cl)c(C(F)(F)F)c1. The molecule has 0 unspecified atom stereocenters. The summed E-state index contributed by atoms with van der Waals surface area (Å²) in [6.45, 7) is 0. The first-order valence-electron chi connectivity index (χ1n) is 4.82. The Morgan fingerprint density at radius 2 is 1.94 bits per heavy atom. The highest BCUT2D eigenvalue weighted by Gasteiger charge is 2.33. The third-order valence-electron chi connectivity index (χ3n) is 2.13. The van der Waals surface area contributed by atoms with E-state index in [4.69, 9.17) is 23.2 Å². The number of carbonyl (C=O) groups excluding carboxylic acids is 1. The average Bonchev–Trinajstić information content (AvgIpc) is 2.25. The van der Waals surface area contributed by atoms with E-state index in [0.29, 0.717) is 12.3 Å². The van der Waals surface area contributed by atoms with Crippen LogP contribution >= 0.6 is 23.2 Å². The molecule has 0 aliphatic rings. The molecule has 0 spiro atoms. The summed E-state index contributed by atoms with van der Waals surface area (Å²) in [5.41, 5.74) is -0.984. The van der Waals surface area contributed by atoms with Crippen LogP contribution < -0.4 is 0 Å². The van der Waals surface area contributed by atoms with Crippen LogP contribution in [0.5, 0.6) is 0 Å². The summed E-state index contributed by atoms with van der Waals surface area (Å²) in [5, 5.41) is -0.411. The molecule has 0 heterocycles. The van der Waals surface area contributed by atoms with Gasteiger partial charge in [-0.25, -0.2) is 0 Å². The van der Waals surface area contributed by atoms with Gasteiger partial charge >= 0.3 is 6.18 Å². The highest BCUT2D eigenvalue weighted by molar-refractivity contribution is 6.31. The van der Waals surface area contributed by atoms with Crippen molar-refractivity contribution in [2.75, 3.05) is 5.88 Å². The number of halogens is 5. The number of carbonyl (C=O) groups is 1. The molecule has 0 saturated heterocycles. The van der Waals surface area contributed by atoms with E-state index in [1.165, 1.54) is 6.07 Å². The zero-order valence-electron chi connectivity index (χ0n) is 8.65. The van der Waals surface area contributed by atoms with Gasteiger partial charge < -0.3 is 0 Å². The lowest BCUT2D eigenvalue weighted by Gasteiger charge is -2.10. The van der Waals surface area contributed by atoms with Gasteiger partial charge in [0.05, 0.1) is 10.6 Å². The quantitative estimate of drug-likeness (QED) is 0.585. The fourth-order valence-electron chi connectivity index (χ4n) is 1.29. The lowest BCUT2D eigenvalue weighted by Crippen LogP contribution is -2.08. The second-order valence-electron chi connectivity index (χ2n) is 3.41. The van der Waals surface area contributed by atoms with Gasteiger partial charge in [-0.1, -0.05) is 11.6 Å². The van der Waals surface area contributed by atoms with Gasteiger partial charge in [0, 0.05) is 17.9 Å². The van der Waals surface area contributed by atoms with Crippen LogP contribution in [0.3, 0.4) is 0 Å². The van der Waals surface area contributed by atoms with Crippen molar-refractivity contribution in [3.8, 4) is 0 Å². The predicted octanol–water partition coefficient (Wildman–Crippen LogP) is 4.56. The zero-order chi connectivity index (χ0) is 13.1. The minimum atomic E-state index is -4.56. The summed E-state index contributed by atoms with van der Waals surface area (Å²) in [4.78, 5) is 11.5. The molecule has 0 saturated carbocycles. The summed E-state index contributed by atoms with van der Waals surface area (Å²) in [7, 11) is 0. The number of benzene rings is 1. The average molecular weight is 285 g/mol. The minimum absolute atomic E-state index is 0.00633.